The van der Waals surface area contributed by atoms with E-state index in [1.807, 2.05) is 13.0 Å². The molecule has 1 heterocycles. The molecule has 20 heavy (non-hydrogen) atoms. The Hall–Kier alpha value is -1.62. The molecule has 5 nitrogen and oxygen atoms in total. The molecule has 1 unspecified atom stereocenters. The molecule has 1 saturated heterocycles. The maximum absolute atomic E-state index is 10.8. The van der Waals surface area contributed by atoms with E-state index >= 15 is 0 Å². The van der Waals surface area contributed by atoms with Crippen molar-refractivity contribution in [3.63, 3.8) is 0 Å². The minimum atomic E-state index is -0.338. The molecule has 0 aliphatic carbocycles. The molecule has 1 aliphatic rings. The molecule has 110 valence electrons. The van der Waals surface area contributed by atoms with Crippen molar-refractivity contribution in [2.75, 3.05) is 24.5 Å². The second-order valence-electron chi connectivity index (χ2n) is 5.41. The van der Waals surface area contributed by atoms with Crippen LogP contribution >= 0.6 is 0 Å². The van der Waals surface area contributed by atoms with Gasteiger partial charge in [0.2, 0.25) is 0 Å². The number of non-ortho nitro benzene ring substituents is 1. The number of nitro benzene ring substituents is 1. The number of benzene rings is 1. The maximum Gasteiger partial charge on any atom is 0.269 e. The van der Waals surface area contributed by atoms with E-state index in [0.717, 1.165) is 30.9 Å². The summed E-state index contributed by atoms with van der Waals surface area (Å²) < 4.78 is 0. The van der Waals surface area contributed by atoms with Gasteiger partial charge in [-0.1, -0.05) is 6.42 Å². The summed E-state index contributed by atoms with van der Waals surface area (Å²) in [6.07, 6.45) is 3.76. The number of nitrogens with one attached hydrogen (secondary N) is 1. The van der Waals surface area contributed by atoms with Gasteiger partial charge in [0, 0.05) is 37.0 Å². The van der Waals surface area contributed by atoms with Crippen LogP contribution in [0.2, 0.25) is 0 Å². The van der Waals surface area contributed by atoms with E-state index < -0.39 is 0 Å². The third-order valence-electron chi connectivity index (χ3n) is 3.97. The Morgan fingerprint density at radius 1 is 1.45 bits per heavy atom. The predicted octanol–water partition coefficient (Wildman–Crippen LogP) is 2.87. The van der Waals surface area contributed by atoms with E-state index in [0.29, 0.717) is 6.04 Å². The number of piperidine rings is 1. The minimum absolute atomic E-state index is 0.165. The van der Waals surface area contributed by atoms with E-state index in [1.165, 1.54) is 19.3 Å². The van der Waals surface area contributed by atoms with E-state index in [1.54, 1.807) is 12.1 Å². The van der Waals surface area contributed by atoms with Gasteiger partial charge in [0.25, 0.3) is 5.69 Å². The molecule has 0 saturated carbocycles. The monoisotopic (exact) mass is 277 g/mol. The van der Waals surface area contributed by atoms with Crippen molar-refractivity contribution in [3.8, 4) is 0 Å². The molecular formula is C15H23N3O2. The van der Waals surface area contributed by atoms with Crippen LogP contribution in [-0.2, 0) is 0 Å². The lowest BCUT2D eigenvalue weighted by Gasteiger charge is -2.32. The summed E-state index contributed by atoms with van der Waals surface area (Å²) >= 11 is 0. The first-order chi connectivity index (χ1) is 9.61. The quantitative estimate of drug-likeness (QED) is 0.664. The number of rotatable bonds is 5. The predicted molar refractivity (Wildman–Crippen MR) is 81.4 cm³/mol. The van der Waals surface area contributed by atoms with Gasteiger partial charge in [-0.3, -0.25) is 10.1 Å². The van der Waals surface area contributed by atoms with E-state index in [4.69, 9.17) is 0 Å². The second kappa shape index (κ2) is 6.70. The van der Waals surface area contributed by atoms with E-state index in [-0.39, 0.29) is 10.6 Å². The highest BCUT2D eigenvalue weighted by Crippen LogP contribution is 2.25. The number of hydrogen-bond acceptors (Lipinski definition) is 4. The Balaban J connectivity index is 2.12. The first kappa shape index (κ1) is 14.8. The molecule has 0 aromatic heterocycles. The fourth-order valence-corrected chi connectivity index (χ4v) is 2.85. The summed E-state index contributed by atoms with van der Waals surface area (Å²) in [5.74, 6) is 0. The number of aryl methyl sites for hydroxylation is 1. The highest BCUT2D eigenvalue weighted by Gasteiger charge is 2.18. The van der Waals surface area contributed by atoms with Gasteiger partial charge >= 0.3 is 0 Å². The summed E-state index contributed by atoms with van der Waals surface area (Å²) in [5.41, 5.74) is 2.24. The van der Waals surface area contributed by atoms with Crippen LogP contribution in [0.5, 0.6) is 0 Å². The zero-order valence-electron chi connectivity index (χ0n) is 12.3. The molecular weight excluding hydrogens is 254 g/mol. The van der Waals surface area contributed by atoms with Crippen molar-refractivity contribution in [1.82, 2.24) is 5.32 Å². The van der Waals surface area contributed by atoms with Gasteiger partial charge in [0.05, 0.1) is 4.92 Å². The maximum atomic E-state index is 10.8. The van der Waals surface area contributed by atoms with Crippen LogP contribution in [0, 0.1) is 17.0 Å². The highest BCUT2D eigenvalue weighted by atomic mass is 16.6. The molecule has 0 radical (unpaired) electrons. The Labute approximate surface area is 120 Å². The molecule has 1 aromatic rings. The SMILES string of the molecule is CCN(CC1CCCCN1)c1ccc([N+](=O)[O-])cc1C. The van der Waals surface area contributed by atoms with E-state index in [9.17, 15) is 10.1 Å². The van der Waals surface area contributed by atoms with Crippen molar-refractivity contribution in [2.45, 2.75) is 39.2 Å². The normalized spacial score (nSPS) is 18.8. The van der Waals surface area contributed by atoms with Crippen LogP contribution < -0.4 is 10.2 Å². The van der Waals surface area contributed by atoms with Gasteiger partial charge in [-0.25, -0.2) is 0 Å². The van der Waals surface area contributed by atoms with Crippen molar-refractivity contribution >= 4 is 11.4 Å². The number of likely N-dealkylation sites (N-methyl/N-ethyl adjacent to an activating group) is 1. The van der Waals surface area contributed by atoms with Crippen molar-refractivity contribution < 1.29 is 4.92 Å². The summed E-state index contributed by atoms with van der Waals surface area (Å²) in [6.45, 7) is 7.05. The lowest BCUT2D eigenvalue weighted by atomic mass is 10.0. The summed E-state index contributed by atoms with van der Waals surface area (Å²) in [5, 5.41) is 14.4. The average molecular weight is 277 g/mol. The topological polar surface area (TPSA) is 58.4 Å². The Kier molecular flexibility index (Phi) is 4.95. The van der Waals surface area contributed by atoms with Crippen LogP contribution in [0.15, 0.2) is 18.2 Å². The first-order valence-electron chi connectivity index (χ1n) is 7.35. The van der Waals surface area contributed by atoms with Crippen LogP contribution in [0.3, 0.4) is 0 Å². The van der Waals surface area contributed by atoms with Gasteiger partial charge in [-0.2, -0.15) is 0 Å². The third kappa shape index (κ3) is 3.48. The highest BCUT2D eigenvalue weighted by molar-refractivity contribution is 5.57. The smallest absolute Gasteiger partial charge is 0.269 e. The van der Waals surface area contributed by atoms with Gasteiger partial charge in [-0.15, -0.1) is 0 Å². The number of anilines is 1. The Bertz CT molecular complexity index is 470. The fraction of sp³-hybridized carbons (Fsp3) is 0.600. The number of hydrogen-bond donors (Lipinski definition) is 1. The number of nitro groups is 1. The molecule has 0 amide bonds. The second-order valence-corrected chi connectivity index (χ2v) is 5.41. The summed E-state index contributed by atoms with van der Waals surface area (Å²) in [6, 6.07) is 5.66. The molecule has 5 heteroatoms. The van der Waals surface area contributed by atoms with Gasteiger partial charge < -0.3 is 10.2 Å². The molecule has 1 N–H and O–H groups in total. The molecule has 0 bridgehead atoms. The lowest BCUT2D eigenvalue weighted by molar-refractivity contribution is -0.384. The molecule has 1 fully saturated rings. The third-order valence-corrected chi connectivity index (χ3v) is 3.97. The lowest BCUT2D eigenvalue weighted by Crippen LogP contribution is -2.43. The minimum Gasteiger partial charge on any atom is -0.370 e. The summed E-state index contributed by atoms with van der Waals surface area (Å²) in [4.78, 5) is 12.8. The van der Waals surface area contributed by atoms with Crippen LogP contribution in [0.25, 0.3) is 0 Å². The number of nitrogens with zero attached hydrogens (tertiary/aromatic N) is 2. The van der Waals surface area contributed by atoms with Crippen LogP contribution in [0.1, 0.15) is 31.7 Å². The van der Waals surface area contributed by atoms with Crippen molar-refractivity contribution in [2.24, 2.45) is 0 Å². The molecule has 0 spiro atoms. The van der Waals surface area contributed by atoms with Crippen LogP contribution in [-0.4, -0.2) is 30.6 Å². The molecule has 2 rings (SSSR count). The summed E-state index contributed by atoms with van der Waals surface area (Å²) in [7, 11) is 0. The van der Waals surface area contributed by atoms with Crippen molar-refractivity contribution in [3.05, 3.63) is 33.9 Å². The zero-order chi connectivity index (χ0) is 14.5. The van der Waals surface area contributed by atoms with E-state index in [2.05, 4.69) is 17.1 Å². The van der Waals surface area contributed by atoms with Gasteiger partial charge in [0.15, 0.2) is 0 Å². The average Bonchev–Trinajstić information content (AvgIpc) is 2.46. The zero-order valence-corrected chi connectivity index (χ0v) is 12.3. The first-order valence-corrected chi connectivity index (χ1v) is 7.35. The van der Waals surface area contributed by atoms with Gasteiger partial charge in [-0.05, 0) is 44.9 Å². The largest absolute Gasteiger partial charge is 0.370 e. The Morgan fingerprint density at radius 3 is 2.80 bits per heavy atom. The molecule has 1 aromatic carbocycles. The Morgan fingerprint density at radius 2 is 2.25 bits per heavy atom. The van der Waals surface area contributed by atoms with Crippen LogP contribution in [0.4, 0.5) is 11.4 Å². The fourth-order valence-electron chi connectivity index (χ4n) is 2.85. The van der Waals surface area contributed by atoms with Gasteiger partial charge in [0.1, 0.15) is 0 Å². The molecule has 1 atom stereocenters. The molecule has 1 aliphatic heterocycles. The van der Waals surface area contributed by atoms with Crippen molar-refractivity contribution in [1.29, 1.82) is 0 Å². The standard InChI is InChI=1S/C15H23N3O2/c1-3-17(11-13-6-4-5-9-16-13)15-8-7-14(18(19)20)10-12(15)2/h7-8,10,13,16H,3-6,9,11H2,1-2H3.